The zero-order valence-electron chi connectivity index (χ0n) is 18.1. The number of nitrogens with zero attached hydrogens (tertiary/aromatic N) is 3. The van der Waals surface area contributed by atoms with E-state index in [-0.39, 0.29) is 12.1 Å². The molecule has 2 heterocycles. The second-order valence-corrected chi connectivity index (χ2v) is 8.25. The minimum Gasteiger partial charge on any atom is -0.348 e. The first-order valence-corrected chi connectivity index (χ1v) is 11.2. The Balaban J connectivity index is 1.52. The van der Waals surface area contributed by atoms with Gasteiger partial charge >= 0.3 is 6.03 Å². The molecule has 158 valence electrons. The number of amides is 2. The Hall–Kier alpha value is -2.82. The van der Waals surface area contributed by atoms with Crippen LogP contribution < -0.4 is 0 Å². The van der Waals surface area contributed by atoms with E-state index in [2.05, 4.69) is 76.1 Å². The Morgan fingerprint density at radius 2 is 2.10 bits per heavy atom. The summed E-state index contributed by atoms with van der Waals surface area (Å²) >= 11 is 0. The van der Waals surface area contributed by atoms with Gasteiger partial charge in [0.15, 0.2) is 0 Å². The zero-order valence-corrected chi connectivity index (χ0v) is 18.1. The van der Waals surface area contributed by atoms with Crippen LogP contribution in [0.5, 0.6) is 0 Å². The number of carbonyl (C=O) groups excluding carboxylic acids is 1. The standard InChI is InChI=1S/C25H32N4O/c1-3-9-20(4-2)24-17-28(15-8-12-19-10-6-5-7-11-19)25(30)29(24)21-13-14-22-23(16-21)27-18-26-22/h3,5-7,9-11,16,18,20,24H,4,8,12-15,17H2,1-2H3,(H,26,27)/b9-3-. The monoisotopic (exact) mass is 404 g/mol. The van der Waals surface area contributed by atoms with E-state index in [1.807, 2.05) is 6.07 Å². The van der Waals surface area contributed by atoms with Gasteiger partial charge in [-0.05, 0) is 56.6 Å². The SMILES string of the molecule is C/C=C\C(CC)C1CN(CCCc2ccccc2)C(=O)N1C1=Cc2nc[nH]c2CC1. The number of imidazole rings is 1. The van der Waals surface area contributed by atoms with Crippen LogP contribution in [0.15, 0.2) is 54.5 Å². The van der Waals surface area contributed by atoms with Crippen molar-refractivity contribution < 1.29 is 4.79 Å². The first-order chi connectivity index (χ1) is 14.7. The second kappa shape index (κ2) is 9.33. The van der Waals surface area contributed by atoms with Gasteiger partial charge in [0.25, 0.3) is 0 Å². The van der Waals surface area contributed by atoms with E-state index in [0.29, 0.717) is 5.92 Å². The number of benzene rings is 1. The van der Waals surface area contributed by atoms with Gasteiger partial charge in [-0.1, -0.05) is 49.4 Å². The summed E-state index contributed by atoms with van der Waals surface area (Å²) in [7, 11) is 0. The molecule has 2 amide bonds. The van der Waals surface area contributed by atoms with E-state index >= 15 is 0 Å². The molecule has 1 aliphatic carbocycles. The molecule has 1 N–H and O–H groups in total. The highest BCUT2D eigenvalue weighted by Gasteiger charge is 2.42. The molecule has 1 fully saturated rings. The lowest BCUT2D eigenvalue weighted by atomic mass is 9.94. The van der Waals surface area contributed by atoms with Gasteiger partial charge in [-0.25, -0.2) is 9.78 Å². The smallest absolute Gasteiger partial charge is 0.324 e. The van der Waals surface area contributed by atoms with E-state index in [0.717, 1.165) is 56.6 Å². The maximum Gasteiger partial charge on any atom is 0.324 e. The molecule has 0 bridgehead atoms. The number of carbonyl (C=O) groups is 1. The summed E-state index contributed by atoms with van der Waals surface area (Å²) < 4.78 is 0. The highest BCUT2D eigenvalue weighted by molar-refractivity contribution is 5.81. The molecule has 2 atom stereocenters. The Morgan fingerprint density at radius 3 is 2.87 bits per heavy atom. The second-order valence-electron chi connectivity index (χ2n) is 8.25. The number of hydrogen-bond acceptors (Lipinski definition) is 2. The number of H-pyrrole nitrogens is 1. The molecule has 5 nitrogen and oxygen atoms in total. The summed E-state index contributed by atoms with van der Waals surface area (Å²) in [6, 6.07) is 10.9. The number of fused-ring (bicyclic) bond motifs is 1. The predicted molar refractivity (Wildman–Crippen MR) is 121 cm³/mol. The summed E-state index contributed by atoms with van der Waals surface area (Å²) in [5.74, 6) is 0.361. The lowest BCUT2D eigenvalue weighted by molar-refractivity contribution is 0.192. The van der Waals surface area contributed by atoms with Gasteiger partial charge in [-0.3, -0.25) is 4.90 Å². The lowest BCUT2D eigenvalue weighted by Crippen LogP contribution is -2.38. The van der Waals surface area contributed by atoms with Crippen LogP contribution >= 0.6 is 0 Å². The van der Waals surface area contributed by atoms with Crippen LogP contribution in [0, 0.1) is 5.92 Å². The molecule has 2 aliphatic rings. The van der Waals surface area contributed by atoms with Crippen molar-refractivity contribution in [1.82, 2.24) is 19.8 Å². The maximum atomic E-state index is 13.5. The van der Waals surface area contributed by atoms with Crippen molar-refractivity contribution in [3.05, 3.63) is 71.5 Å². The number of allylic oxidation sites excluding steroid dienone is 2. The third-order valence-electron chi connectivity index (χ3n) is 6.35. The minimum absolute atomic E-state index is 0.154. The number of aryl methyl sites for hydroxylation is 2. The number of urea groups is 1. The molecule has 30 heavy (non-hydrogen) atoms. The predicted octanol–water partition coefficient (Wildman–Crippen LogP) is 5.04. The fourth-order valence-electron chi connectivity index (χ4n) is 4.76. The van der Waals surface area contributed by atoms with Gasteiger partial charge < -0.3 is 9.88 Å². The fourth-order valence-corrected chi connectivity index (χ4v) is 4.76. The molecule has 0 radical (unpaired) electrons. The van der Waals surface area contributed by atoms with Gasteiger partial charge in [0.05, 0.1) is 18.1 Å². The van der Waals surface area contributed by atoms with Crippen LogP contribution in [0.25, 0.3) is 6.08 Å². The molecule has 2 unspecified atom stereocenters. The third kappa shape index (κ3) is 4.20. The lowest BCUT2D eigenvalue weighted by Gasteiger charge is -2.31. The molecule has 0 saturated carbocycles. The summed E-state index contributed by atoms with van der Waals surface area (Å²) in [5, 5.41) is 0. The topological polar surface area (TPSA) is 52.2 Å². The average Bonchev–Trinajstić information content (AvgIpc) is 3.36. The Bertz CT molecular complexity index is 914. The van der Waals surface area contributed by atoms with Crippen molar-refractivity contribution in [2.75, 3.05) is 13.1 Å². The first kappa shape index (κ1) is 20.5. The number of nitrogens with one attached hydrogen (secondary N) is 1. The van der Waals surface area contributed by atoms with Gasteiger partial charge in [-0.2, -0.15) is 0 Å². The van der Waals surface area contributed by atoms with E-state index in [9.17, 15) is 4.79 Å². The first-order valence-electron chi connectivity index (χ1n) is 11.2. The molecule has 5 heteroatoms. The molecule has 1 aromatic carbocycles. The van der Waals surface area contributed by atoms with Gasteiger partial charge in [-0.15, -0.1) is 0 Å². The quantitative estimate of drug-likeness (QED) is 0.627. The average molecular weight is 405 g/mol. The van der Waals surface area contributed by atoms with Crippen LogP contribution in [0.4, 0.5) is 4.79 Å². The molecule has 1 aliphatic heterocycles. The highest BCUT2D eigenvalue weighted by atomic mass is 16.2. The Morgan fingerprint density at radius 1 is 1.27 bits per heavy atom. The van der Waals surface area contributed by atoms with E-state index in [1.165, 1.54) is 11.3 Å². The van der Waals surface area contributed by atoms with Crippen LogP contribution in [-0.4, -0.2) is 44.9 Å². The van der Waals surface area contributed by atoms with Crippen LogP contribution in [-0.2, 0) is 12.8 Å². The van der Waals surface area contributed by atoms with E-state index in [4.69, 9.17) is 0 Å². The molecule has 1 saturated heterocycles. The van der Waals surface area contributed by atoms with Gasteiger partial charge in [0.2, 0.25) is 0 Å². The number of aromatic nitrogens is 2. The molecule has 2 aromatic rings. The minimum atomic E-state index is 0.154. The Kier molecular flexibility index (Phi) is 6.36. The third-order valence-corrected chi connectivity index (χ3v) is 6.35. The Labute approximate surface area is 179 Å². The van der Waals surface area contributed by atoms with Crippen molar-refractivity contribution >= 4 is 12.1 Å². The number of aromatic amines is 1. The zero-order chi connectivity index (χ0) is 20.9. The van der Waals surface area contributed by atoms with Crippen LogP contribution in [0.2, 0.25) is 0 Å². The van der Waals surface area contributed by atoms with E-state index in [1.54, 1.807) is 6.33 Å². The van der Waals surface area contributed by atoms with Crippen molar-refractivity contribution in [3.8, 4) is 0 Å². The summed E-state index contributed by atoms with van der Waals surface area (Å²) in [4.78, 5) is 25.3. The molecular formula is C25H32N4O. The van der Waals surface area contributed by atoms with Gasteiger partial charge in [0, 0.05) is 24.5 Å². The van der Waals surface area contributed by atoms with Gasteiger partial charge in [0.1, 0.15) is 0 Å². The molecule has 1 aromatic heterocycles. The molecule has 4 rings (SSSR count). The number of hydrogen-bond donors (Lipinski definition) is 1. The van der Waals surface area contributed by atoms with Crippen molar-refractivity contribution in [2.45, 2.75) is 52.0 Å². The van der Waals surface area contributed by atoms with Crippen LogP contribution in [0.3, 0.4) is 0 Å². The fraction of sp³-hybridized carbons (Fsp3) is 0.440. The van der Waals surface area contributed by atoms with E-state index < -0.39 is 0 Å². The summed E-state index contributed by atoms with van der Waals surface area (Å²) in [5.41, 5.74) is 4.59. The van der Waals surface area contributed by atoms with Crippen LogP contribution in [0.1, 0.15) is 50.1 Å². The maximum absolute atomic E-state index is 13.5. The largest absolute Gasteiger partial charge is 0.348 e. The molecular weight excluding hydrogens is 372 g/mol. The van der Waals surface area contributed by atoms with Crippen molar-refractivity contribution in [3.63, 3.8) is 0 Å². The van der Waals surface area contributed by atoms with Crippen molar-refractivity contribution in [1.29, 1.82) is 0 Å². The molecule has 0 spiro atoms. The summed E-state index contributed by atoms with van der Waals surface area (Å²) in [6.45, 7) is 5.87. The van der Waals surface area contributed by atoms with Crippen molar-refractivity contribution in [2.24, 2.45) is 5.92 Å². The highest BCUT2D eigenvalue weighted by Crippen LogP contribution is 2.34. The summed E-state index contributed by atoms with van der Waals surface area (Å²) in [6.07, 6.45) is 13.0. The normalized spacial score (nSPS) is 20.0. The number of rotatable bonds is 8.